The van der Waals surface area contributed by atoms with Gasteiger partial charge in [0.05, 0.1) is 0 Å². The van der Waals surface area contributed by atoms with Gasteiger partial charge in [0, 0.05) is 29.4 Å². The number of nitrogens with two attached hydrogens (primary N) is 1. The second-order valence-electron chi connectivity index (χ2n) is 5.04. The maximum absolute atomic E-state index is 12.8. The molecule has 2 rings (SSSR count). The first-order valence-electron chi connectivity index (χ1n) is 6.87. The van der Waals surface area contributed by atoms with E-state index in [1.54, 1.807) is 17.0 Å². The Labute approximate surface area is 142 Å². The first-order valence-corrected chi connectivity index (χ1v) is 7.25. The predicted molar refractivity (Wildman–Crippen MR) is 95.3 cm³/mol. The van der Waals surface area contributed by atoms with Crippen molar-refractivity contribution in [2.24, 2.45) is 5.73 Å². The fraction of sp³-hybridized carbons (Fsp3) is 0.235. The zero-order valence-electron chi connectivity index (χ0n) is 12.7. The second-order valence-corrected chi connectivity index (χ2v) is 5.48. The molecule has 5 heteroatoms. The van der Waals surface area contributed by atoms with Crippen LogP contribution in [0.15, 0.2) is 42.5 Å². The number of aryl methyl sites for hydroxylation is 2. The van der Waals surface area contributed by atoms with E-state index >= 15 is 0 Å². The third kappa shape index (κ3) is 4.23. The number of carbonyl (C=O) groups is 1. The van der Waals surface area contributed by atoms with E-state index in [9.17, 15) is 4.79 Å². The molecule has 2 aromatic carbocycles. The number of carbonyl (C=O) groups excluding carboxylic acids is 1. The van der Waals surface area contributed by atoms with Crippen LogP contribution < -0.4 is 10.6 Å². The molecule has 0 bridgehead atoms. The van der Waals surface area contributed by atoms with Crippen molar-refractivity contribution >= 4 is 35.6 Å². The predicted octanol–water partition coefficient (Wildman–Crippen LogP) is 3.98. The minimum atomic E-state index is -0.0414. The van der Waals surface area contributed by atoms with Gasteiger partial charge in [-0.15, -0.1) is 12.4 Å². The molecule has 0 unspecified atom stereocenters. The molecule has 22 heavy (non-hydrogen) atoms. The minimum Gasteiger partial charge on any atom is -0.329 e. The van der Waals surface area contributed by atoms with Gasteiger partial charge in [-0.2, -0.15) is 0 Å². The lowest BCUT2D eigenvalue weighted by Crippen LogP contribution is -2.35. The summed E-state index contributed by atoms with van der Waals surface area (Å²) in [4.78, 5) is 14.5. The number of amides is 1. The second kappa shape index (κ2) is 8.18. The summed E-state index contributed by atoms with van der Waals surface area (Å²) in [6.07, 6.45) is 0. The Morgan fingerprint density at radius 2 is 1.77 bits per heavy atom. The molecular formula is C17H20Cl2N2O. The van der Waals surface area contributed by atoms with Gasteiger partial charge in [-0.3, -0.25) is 4.79 Å². The molecule has 0 aliphatic rings. The van der Waals surface area contributed by atoms with Gasteiger partial charge in [-0.1, -0.05) is 29.3 Å². The molecular weight excluding hydrogens is 319 g/mol. The van der Waals surface area contributed by atoms with Crippen molar-refractivity contribution in [3.63, 3.8) is 0 Å². The van der Waals surface area contributed by atoms with Gasteiger partial charge in [0.1, 0.15) is 0 Å². The summed E-state index contributed by atoms with van der Waals surface area (Å²) in [7, 11) is 0. The number of hydrogen-bond donors (Lipinski definition) is 1. The molecule has 2 N–H and O–H groups in total. The third-order valence-corrected chi connectivity index (χ3v) is 3.60. The summed E-state index contributed by atoms with van der Waals surface area (Å²) in [5, 5.41) is 0.644. The molecule has 0 radical (unpaired) electrons. The first-order chi connectivity index (χ1) is 10.0. The van der Waals surface area contributed by atoms with Crippen molar-refractivity contribution < 1.29 is 4.79 Å². The van der Waals surface area contributed by atoms with Gasteiger partial charge in [0.2, 0.25) is 0 Å². The van der Waals surface area contributed by atoms with Gasteiger partial charge in [0.15, 0.2) is 0 Å². The number of hydrogen-bond acceptors (Lipinski definition) is 2. The zero-order valence-corrected chi connectivity index (χ0v) is 14.2. The highest BCUT2D eigenvalue weighted by Crippen LogP contribution is 2.21. The summed E-state index contributed by atoms with van der Waals surface area (Å²) >= 11 is 5.90. The normalized spacial score (nSPS) is 10.0. The van der Waals surface area contributed by atoms with Crippen molar-refractivity contribution in [2.75, 3.05) is 18.0 Å². The van der Waals surface area contributed by atoms with Crippen molar-refractivity contribution in [3.05, 3.63) is 64.2 Å². The standard InChI is InChI=1S/C17H19ClN2O.ClH/c1-12-3-8-16(13(2)11-12)17(21)20(10-9-19)15-6-4-14(18)5-7-15;/h3-8,11H,9-10,19H2,1-2H3;1H. The highest BCUT2D eigenvalue weighted by molar-refractivity contribution is 6.30. The fourth-order valence-corrected chi connectivity index (χ4v) is 2.42. The lowest BCUT2D eigenvalue weighted by atomic mass is 10.0. The summed E-state index contributed by atoms with van der Waals surface area (Å²) in [5.74, 6) is -0.0414. The molecule has 0 aliphatic carbocycles. The van der Waals surface area contributed by atoms with Crippen LogP contribution in [0.1, 0.15) is 21.5 Å². The van der Waals surface area contributed by atoms with E-state index in [2.05, 4.69) is 0 Å². The molecule has 0 saturated heterocycles. The van der Waals surface area contributed by atoms with Gasteiger partial charge in [0.25, 0.3) is 5.91 Å². The molecule has 0 aromatic heterocycles. The van der Waals surface area contributed by atoms with Crippen LogP contribution in [0.3, 0.4) is 0 Å². The SMILES string of the molecule is Cc1ccc(C(=O)N(CCN)c2ccc(Cl)cc2)c(C)c1.Cl. The van der Waals surface area contributed by atoms with Crippen molar-refractivity contribution in [3.8, 4) is 0 Å². The van der Waals surface area contributed by atoms with E-state index in [1.807, 2.05) is 44.2 Å². The monoisotopic (exact) mass is 338 g/mol. The van der Waals surface area contributed by atoms with E-state index in [-0.39, 0.29) is 18.3 Å². The van der Waals surface area contributed by atoms with Crippen LogP contribution in [0.5, 0.6) is 0 Å². The van der Waals surface area contributed by atoms with Gasteiger partial charge < -0.3 is 10.6 Å². The van der Waals surface area contributed by atoms with Gasteiger partial charge >= 0.3 is 0 Å². The number of rotatable bonds is 4. The van der Waals surface area contributed by atoms with Crippen LogP contribution in [-0.2, 0) is 0 Å². The fourth-order valence-electron chi connectivity index (χ4n) is 2.30. The number of benzene rings is 2. The first kappa shape index (κ1) is 18.5. The Morgan fingerprint density at radius 1 is 1.14 bits per heavy atom. The summed E-state index contributed by atoms with van der Waals surface area (Å²) in [5.41, 5.74) is 9.26. The largest absolute Gasteiger partial charge is 0.329 e. The smallest absolute Gasteiger partial charge is 0.258 e. The maximum atomic E-state index is 12.8. The highest BCUT2D eigenvalue weighted by atomic mass is 35.5. The number of anilines is 1. The number of halogens is 2. The lowest BCUT2D eigenvalue weighted by molar-refractivity contribution is 0.0987. The molecule has 0 aliphatic heterocycles. The molecule has 3 nitrogen and oxygen atoms in total. The Morgan fingerprint density at radius 3 is 2.32 bits per heavy atom. The summed E-state index contributed by atoms with van der Waals surface area (Å²) < 4.78 is 0. The molecule has 2 aromatic rings. The van der Waals surface area contributed by atoms with Crippen molar-refractivity contribution in [2.45, 2.75) is 13.8 Å². The van der Waals surface area contributed by atoms with Crippen LogP contribution in [0.4, 0.5) is 5.69 Å². The van der Waals surface area contributed by atoms with Crippen LogP contribution in [-0.4, -0.2) is 19.0 Å². The Balaban J connectivity index is 0.00000242. The summed E-state index contributed by atoms with van der Waals surface area (Å²) in [6, 6.07) is 13.0. The Bertz CT molecular complexity index is 642. The molecule has 0 heterocycles. The quantitative estimate of drug-likeness (QED) is 0.916. The molecule has 1 amide bonds. The number of nitrogens with zero attached hydrogens (tertiary/aromatic N) is 1. The third-order valence-electron chi connectivity index (χ3n) is 3.35. The summed E-state index contributed by atoms with van der Waals surface area (Å²) in [6.45, 7) is 4.83. The lowest BCUT2D eigenvalue weighted by Gasteiger charge is -2.23. The average molecular weight is 339 g/mol. The average Bonchev–Trinajstić information content (AvgIpc) is 2.45. The van der Waals surface area contributed by atoms with Crippen molar-refractivity contribution in [1.29, 1.82) is 0 Å². The van der Waals surface area contributed by atoms with E-state index in [4.69, 9.17) is 17.3 Å². The minimum absolute atomic E-state index is 0. The Hall–Kier alpha value is -1.55. The van der Waals surface area contributed by atoms with Gasteiger partial charge in [-0.05, 0) is 49.7 Å². The molecule has 0 atom stereocenters. The van der Waals surface area contributed by atoms with E-state index in [0.717, 1.165) is 16.8 Å². The zero-order chi connectivity index (χ0) is 15.4. The maximum Gasteiger partial charge on any atom is 0.258 e. The van der Waals surface area contributed by atoms with Crippen LogP contribution in [0.2, 0.25) is 5.02 Å². The van der Waals surface area contributed by atoms with Crippen LogP contribution >= 0.6 is 24.0 Å². The van der Waals surface area contributed by atoms with Gasteiger partial charge in [-0.25, -0.2) is 0 Å². The van der Waals surface area contributed by atoms with E-state index < -0.39 is 0 Å². The van der Waals surface area contributed by atoms with Crippen LogP contribution in [0.25, 0.3) is 0 Å². The van der Waals surface area contributed by atoms with Crippen LogP contribution in [0, 0.1) is 13.8 Å². The van der Waals surface area contributed by atoms with Crippen molar-refractivity contribution in [1.82, 2.24) is 0 Å². The molecule has 118 valence electrons. The van der Waals surface area contributed by atoms with E-state index in [1.165, 1.54) is 0 Å². The highest BCUT2D eigenvalue weighted by Gasteiger charge is 2.18. The van der Waals surface area contributed by atoms with E-state index in [0.29, 0.717) is 23.7 Å². The molecule has 0 spiro atoms. The molecule has 0 fully saturated rings. The molecule has 0 saturated carbocycles. The Kier molecular flexibility index (Phi) is 6.88. The topological polar surface area (TPSA) is 46.3 Å².